The molecular weight excluding hydrogens is 506 g/mol. The van der Waals surface area contributed by atoms with Crippen LogP contribution in [0.2, 0.25) is 0 Å². The van der Waals surface area contributed by atoms with E-state index in [0.717, 1.165) is 33.8 Å². The number of fused-ring (bicyclic) bond motifs is 1. The second kappa shape index (κ2) is 11.4. The number of ether oxygens (including phenoxy) is 1. The number of amides is 1. The Kier molecular flexibility index (Phi) is 7.70. The van der Waals surface area contributed by atoms with Gasteiger partial charge in [0, 0.05) is 55.3 Å². The molecule has 10 nitrogen and oxygen atoms in total. The van der Waals surface area contributed by atoms with Gasteiger partial charge in [-0.3, -0.25) is 4.68 Å². The number of aromatic nitrogens is 4. The van der Waals surface area contributed by atoms with Gasteiger partial charge in [0.2, 0.25) is 5.95 Å². The summed E-state index contributed by atoms with van der Waals surface area (Å²) in [5, 5.41) is 17.6. The Hall–Kier alpha value is -4.44. The van der Waals surface area contributed by atoms with Crippen LogP contribution in [0.1, 0.15) is 32.0 Å². The summed E-state index contributed by atoms with van der Waals surface area (Å²) in [5.74, 6) is 1.10. The minimum Gasteiger partial charge on any atom is -0.444 e. The van der Waals surface area contributed by atoms with E-state index >= 15 is 0 Å². The molecule has 1 amide bonds. The molecule has 208 valence electrons. The summed E-state index contributed by atoms with van der Waals surface area (Å²) in [4.78, 5) is 26.4. The first kappa shape index (κ1) is 27.1. The first-order chi connectivity index (χ1) is 19.2. The summed E-state index contributed by atoms with van der Waals surface area (Å²) >= 11 is 0. The maximum atomic E-state index is 12.9. The molecule has 0 atom stereocenters. The van der Waals surface area contributed by atoms with Crippen molar-refractivity contribution in [3.63, 3.8) is 0 Å². The van der Waals surface area contributed by atoms with Gasteiger partial charge >= 0.3 is 6.09 Å². The van der Waals surface area contributed by atoms with Crippen LogP contribution < -0.4 is 10.2 Å². The SMILES string of the molecule is Cn1cc(-c2ccc(Nc3nc4c(c(N(CCO)c5ccccc5)n3)CN(C(=O)OC(C)(C)C)CC4)cc2)cn1. The number of nitrogens with zero attached hydrogens (tertiary/aromatic N) is 6. The molecule has 10 heteroatoms. The number of carbonyl (C=O) groups excluding carboxylic acids is 1. The molecule has 1 aliphatic heterocycles. The Morgan fingerprint density at radius 3 is 2.48 bits per heavy atom. The van der Waals surface area contributed by atoms with E-state index in [0.29, 0.717) is 37.8 Å². The standard InChI is InChI=1S/C30H35N7O3/c1-30(2,3)40-29(39)36-15-14-26-25(20-36)27(37(16-17-38)24-8-6-5-7-9-24)34-28(33-26)32-23-12-10-21(11-13-23)22-18-31-35(4)19-22/h5-13,18-19,38H,14-17,20H2,1-4H3,(H,32,33,34). The summed E-state index contributed by atoms with van der Waals surface area (Å²) in [7, 11) is 1.90. The lowest BCUT2D eigenvalue weighted by molar-refractivity contribution is 0.0223. The number of hydrogen-bond donors (Lipinski definition) is 2. The zero-order chi connectivity index (χ0) is 28.3. The molecule has 0 spiro atoms. The average molecular weight is 542 g/mol. The molecule has 2 aromatic heterocycles. The third-order valence-electron chi connectivity index (χ3n) is 6.52. The molecule has 0 saturated heterocycles. The lowest BCUT2D eigenvalue weighted by atomic mass is 10.1. The van der Waals surface area contributed by atoms with E-state index in [-0.39, 0.29) is 12.7 Å². The smallest absolute Gasteiger partial charge is 0.410 e. The summed E-state index contributed by atoms with van der Waals surface area (Å²) in [6, 6.07) is 17.8. The Bertz CT molecular complexity index is 1460. The van der Waals surface area contributed by atoms with Crippen LogP contribution in [0, 0.1) is 0 Å². The van der Waals surface area contributed by atoms with E-state index in [1.54, 1.807) is 9.58 Å². The Balaban J connectivity index is 1.49. The van der Waals surface area contributed by atoms with E-state index in [1.165, 1.54) is 0 Å². The Morgan fingerprint density at radius 2 is 1.82 bits per heavy atom. The van der Waals surface area contributed by atoms with Crippen molar-refractivity contribution < 1.29 is 14.6 Å². The second-order valence-electron chi connectivity index (χ2n) is 10.8. The zero-order valence-electron chi connectivity index (χ0n) is 23.3. The highest BCUT2D eigenvalue weighted by Gasteiger charge is 2.30. The molecule has 0 fully saturated rings. The Labute approximate surface area is 234 Å². The van der Waals surface area contributed by atoms with Crippen LogP contribution in [-0.4, -0.2) is 61.1 Å². The number of aryl methyl sites for hydroxylation is 1. The summed E-state index contributed by atoms with van der Waals surface area (Å²) < 4.78 is 7.42. The predicted molar refractivity (Wildman–Crippen MR) is 155 cm³/mol. The van der Waals surface area contributed by atoms with Crippen molar-refractivity contribution in [1.29, 1.82) is 0 Å². The maximum absolute atomic E-state index is 12.9. The molecular formula is C30H35N7O3. The van der Waals surface area contributed by atoms with Gasteiger partial charge in [0.05, 0.1) is 25.0 Å². The molecule has 0 aliphatic carbocycles. The van der Waals surface area contributed by atoms with Gasteiger partial charge in [-0.25, -0.2) is 9.78 Å². The van der Waals surface area contributed by atoms with Crippen LogP contribution in [-0.2, 0) is 24.8 Å². The molecule has 5 rings (SSSR count). The lowest BCUT2D eigenvalue weighted by Gasteiger charge is -2.34. The van der Waals surface area contributed by atoms with Crippen molar-refractivity contribution in [2.24, 2.45) is 7.05 Å². The molecule has 4 aromatic rings. The number of aliphatic hydroxyl groups excluding tert-OH is 1. The number of benzene rings is 2. The summed E-state index contributed by atoms with van der Waals surface area (Å²) in [6.07, 6.45) is 4.00. The molecule has 0 saturated carbocycles. The highest BCUT2D eigenvalue weighted by Crippen LogP contribution is 2.34. The van der Waals surface area contributed by atoms with Crippen molar-refractivity contribution in [3.8, 4) is 11.1 Å². The van der Waals surface area contributed by atoms with E-state index < -0.39 is 5.60 Å². The maximum Gasteiger partial charge on any atom is 0.410 e. The van der Waals surface area contributed by atoms with Gasteiger partial charge in [-0.05, 0) is 50.6 Å². The van der Waals surface area contributed by atoms with Crippen molar-refractivity contribution in [1.82, 2.24) is 24.6 Å². The third-order valence-corrected chi connectivity index (χ3v) is 6.52. The summed E-state index contributed by atoms with van der Waals surface area (Å²) in [6.45, 7) is 6.64. The molecule has 40 heavy (non-hydrogen) atoms. The van der Waals surface area contributed by atoms with Gasteiger partial charge in [-0.1, -0.05) is 30.3 Å². The number of aliphatic hydroxyl groups is 1. The highest BCUT2D eigenvalue weighted by atomic mass is 16.6. The first-order valence-electron chi connectivity index (χ1n) is 13.4. The van der Waals surface area contributed by atoms with Gasteiger partial charge in [-0.2, -0.15) is 10.1 Å². The van der Waals surface area contributed by atoms with Crippen LogP contribution in [0.5, 0.6) is 0 Å². The van der Waals surface area contributed by atoms with Crippen LogP contribution in [0.25, 0.3) is 11.1 Å². The molecule has 2 aromatic carbocycles. The molecule has 1 aliphatic rings. The van der Waals surface area contributed by atoms with Crippen LogP contribution in [0.4, 0.5) is 27.9 Å². The molecule has 2 N–H and O–H groups in total. The summed E-state index contributed by atoms with van der Waals surface area (Å²) in [5.41, 5.74) is 4.94. The van der Waals surface area contributed by atoms with E-state index in [4.69, 9.17) is 14.7 Å². The minimum atomic E-state index is -0.593. The molecule has 0 unspecified atom stereocenters. The van der Waals surface area contributed by atoms with E-state index in [9.17, 15) is 9.90 Å². The van der Waals surface area contributed by atoms with Crippen molar-refractivity contribution in [2.75, 3.05) is 29.9 Å². The third kappa shape index (κ3) is 6.23. The molecule has 3 heterocycles. The average Bonchev–Trinajstić information content (AvgIpc) is 3.37. The fourth-order valence-corrected chi connectivity index (χ4v) is 4.67. The monoisotopic (exact) mass is 541 g/mol. The first-order valence-corrected chi connectivity index (χ1v) is 13.4. The molecule has 0 bridgehead atoms. The second-order valence-corrected chi connectivity index (χ2v) is 10.8. The zero-order valence-corrected chi connectivity index (χ0v) is 23.3. The van der Waals surface area contributed by atoms with Gasteiger partial charge < -0.3 is 25.0 Å². The predicted octanol–water partition coefficient (Wildman–Crippen LogP) is 5.04. The fourth-order valence-electron chi connectivity index (χ4n) is 4.67. The molecule has 0 radical (unpaired) electrons. The number of rotatable bonds is 7. The van der Waals surface area contributed by atoms with Crippen LogP contribution in [0.15, 0.2) is 67.0 Å². The normalized spacial score (nSPS) is 13.1. The highest BCUT2D eigenvalue weighted by molar-refractivity contribution is 5.72. The topological polar surface area (TPSA) is 109 Å². The van der Waals surface area contributed by atoms with Crippen LogP contribution >= 0.6 is 0 Å². The number of anilines is 4. The quantitative estimate of drug-likeness (QED) is 0.335. The van der Waals surface area contributed by atoms with Crippen molar-refractivity contribution in [3.05, 3.63) is 78.2 Å². The van der Waals surface area contributed by atoms with Gasteiger partial charge in [0.1, 0.15) is 11.4 Å². The lowest BCUT2D eigenvalue weighted by Crippen LogP contribution is -2.41. The number of carbonyl (C=O) groups is 1. The van der Waals surface area contributed by atoms with E-state index in [1.807, 2.05) is 99.7 Å². The van der Waals surface area contributed by atoms with Crippen molar-refractivity contribution >= 4 is 29.2 Å². The number of hydrogen-bond acceptors (Lipinski definition) is 8. The minimum absolute atomic E-state index is 0.0674. The largest absolute Gasteiger partial charge is 0.444 e. The number of para-hydroxylation sites is 1. The number of nitrogens with one attached hydrogen (secondary N) is 1. The fraction of sp³-hybridized carbons (Fsp3) is 0.333. The van der Waals surface area contributed by atoms with E-state index in [2.05, 4.69) is 10.4 Å². The van der Waals surface area contributed by atoms with Gasteiger partial charge in [0.15, 0.2) is 0 Å². The Morgan fingerprint density at radius 1 is 1.07 bits per heavy atom. The van der Waals surface area contributed by atoms with Crippen molar-refractivity contribution in [2.45, 2.75) is 39.3 Å². The van der Waals surface area contributed by atoms with Crippen LogP contribution in [0.3, 0.4) is 0 Å². The van der Waals surface area contributed by atoms with Gasteiger partial charge in [0.25, 0.3) is 0 Å². The van der Waals surface area contributed by atoms with Gasteiger partial charge in [-0.15, -0.1) is 0 Å².